The number of rotatable bonds is 2. The number of aromatic nitrogens is 4. The zero-order valence-electron chi connectivity index (χ0n) is 10.9. The van der Waals surface area contributed by atoms with Crippen molar-refractivity contribution in [2.24, 2.45) is 0 Å². The lowest BCUT2D eigenvalue weighted by Crippen LogP contribution is -2.06. The third-order valence-corrected chi connectivity index (χ3v) is 3.01. The molecule has 0 spiro atoms. The number of nitrogens with zero attached hydrogens (tertiary/aromatic N) is 5. The Morgan fingerprint density at radius 3 is 2.67 bits per heavy atom. The molecule has 2 heterocycles. The van der Waals surface area contributed by atoms with Crippen molar-refractivity contribution < 1.29 is 0 Å². The summed E-state index contributed by atoms with van der Waals surface area (Å²) in [5, 5.41) is 9.30. The van der Waals surface area contributed by atoms with Gasteiger partial charge in [0.2, 0.25) is 5.95 Å². The first-order valence-electron chi connectivity index (χ1n) is 6.11. The first kappa shape index (κ1) is 12.6. The molecule has 102 valence electrons. The van der Waals surface area contributed by atoms with Crippen LogP contribution in [0.2, 0.25) is 0 Å². The first-order valence-corrected chi connectivity index (χ1v) is 6.11. The van der Waals surface area contributed by atoms with Crippen molar-refractivity contribution in [1.82, 2.24) is 19.5 Å². The highest BCUT2D eigenvalue weighted by Crippen LogP contribution is 2.30. The van der Waals surface area contributed by atoms with Gasteiger partial charge in [-0.15, -0.1) is 0 Å². The van der Waals surface area contributed by atoms with Crippen LogP contribution < -0.4 is 11.5 Å². The smallest absolute Gasteiger partial charge is 0.222 e. The Kier molecular flexibility index (Phi) is 2.97. The zero-order chi connectivity index (χ0) is 14.8. The molecule has 0 amide bonds. The second kappa shape index (κ2) is 4.94. The van der Waals surface area contributed by atoms with Gasteiger partial charge in [0, 0.05) is 18.0 Å². The van der Waals surface area contributed by atoms with Crippen molar-refractivity contribution in [3.05, 3.63) is 48.5 Å². The third kappa shape index (κ3) is 2.15. The number of para-hydroxylation sites is 1. The maximum atomic E-state index is 9.30. The van der Waals surface area contributed by atoms with E-state index in [4.69, 9.17) is 11.5 Å². The summed E-state index contributed by atoms with van der Waals surface area (Å²) in [6, 6.07) is 9.51. The highest BCUT2D eigenvalue weighted by Gasteiger charge is 2.16. The molecule has 0 atom stereocenters. The van der Waals surface area contributed by atoms with Crippen molar-refractivity contribution in [2.45, 2.75) is 0 Å². The van der Waals surface area contributed by atoms with Crippen LogP contribution in [0.15, 0.2) is 43.0 Å². The SMILES string of the molecule is N#Cc1c(N)nc(N)nc1-c1ccccc1-n1ccnc1. The molecule has 0 bridgehead atoms. The fourth-order valence-corrected chi connectivity index (χ4v) is 2.10. The number of hydrogen-bond acceptors (Lipinski definition) is 6. The molecule has 0 unspecified atom stereocenters. The van der Waals surface area contributed by atoms with Crippen LogP contribution in [0.25, 0.3) is 16.9 Å². The summed E-state index contributed by atoms with van der Waals surface area (Å²) in [5.41, 5.74) is 13.6. The van der Waals surface area contributed by atoms with E-state index in [-0.39, 0.29) is 17.3 Å². The Balaban J connectivity index is 2.30. The van der Waals surface area contributed by atoms with Gasteiger partial charge in [0.15, 0.2) is 0 Å². The summed E-state index contributed by atoms with van der Waals surface area (Å²) in [6.07, 6.45) is 5.14. The van der Waals surface area contributed by atoms with Gasteiger partial charge in [-0.2, -0.15) is 10.2 Å². The van der Waals surface area contributed by atoms with E-state index in [0.717, 1.165) is 11.3 Å². The van der Waals surface area contributed by atoms with E-state index >= 15 is 0 Å². The van der Waals surface area contributed by atoms with Gasteiger partial charge in [0.25, 0.3) is 0 Å². The molecule has 2 aromatic heterocycles. The largest absolute Gasteiger partial charge is 0.382 e. The number of hydrogen-bond donors (Lipinski definition) is 2. The van der Waals surface area contributed by atoms with Crippen LogP contribution >= 0.6 is 0 Å². The standard InChI is InChI=1S/C14H11N7/c15-7-10-12(19-14(17)20-13(10)16)9-3-1-2-4-11(9)21-6-5-18-8-21/h1-6,8H,(H4,16,17,19,20). The molecule has 0 aliphatic carbocycles. The fraction of sp³-hybridized carbons (Fsp3) is 0. The number of benzene rings is 1. The van der Waals surface area contributed by atoms with E-state index < -0.39 is 0 Å². The topological polar surface area (TPSA) is 119 Å². The van der Waals surface area contributed by atoms with E-state index in [1.165, 1.54) is 0 Å². The number of nitriles is 1. The molecule has 0 radical (unpaired) electrons. The molecule has 3 aromatic rings. The van der Waals surface area contributed by atoms with Gasteiger partial charge in [-0.25, -0.2) is 9.97 Å². The summed E-state index contributed by atoms with van der Waals surface area (Å²) in [7, 11) is 0. The fourth-order valence-electron chi connectivity index (χ4n) is 2.10. The molecule has 0 fully saturated rings. The van der Waals surface area contributed by atoms with Crippen LogP contribution in [0, 0.1) is 11.3 Å². The molecule has 21 heavy (non-hydrogen) atoms. The van der Waals surface area contributed by atoms with Crippen molar-refractivity contribution >= 4 is 11.8 Å². The molecular weight excluding hydrogens is 266 g/mol. The minimum atomic E-state index is 0.0296. The minimum absolute atomic E-state index is 0.0296. The molecule has 0 saturated carbocycles. The maximum Gasteiger partial charge on any atom is 0.222 e. The molecule has 7 heteroatoms. The average Bonchev–Trinajstić information content (AvgIpc) is 3.00. The Morgan fingerprint density at radius 1 is 1.14 bits per heavy atom. The Bertz CT molecular complexity index is 831. The average molecular weight is 277 g/mol. The van der Waals surface area contributed by atoms with E-state index in [9.17, 15) is 5.26 Å². The molecule has 0 aliphatic rings. The summed E-state index contributed by atoms with van der Waals surface area (Å²) < 4.78 is 1.82. The van der Waals surface area contributed by atoms with E-state index in [2.05, 4.69) is 15.0 Å². The van der Waals surface area contributed by atoms with Crippen LogP contribution in [0.1, 0.15) is 5.56 Å². The molecule has 0 saturated heterocycles. The Hall–Kier alpha value is -3.40. The van der Waals surface area contributed by atoms with Crippen molar-refractivity contribution in [1.29, 1.82) is 5.26 Å². The van der Waals surface area contributed by atoms with Gasteiger partial charge >= 0.3 is 0 Å². The van der Waals surface area contributed by atoms with Gasteiger partial charge in [-0.1, -0.05) is 18.2 Å². The van der Waals surface area contributed by atoms with Gasteiger partial charge < -0.3 is 16.0 Å². The van der Waals surface area contributed by atoms with Gasteiger partial charge in [0.1, 0.15) is 17.5 Å². The lowest BCUT2D eigenvalue weighted by atomic mass is 10.0. The monoisotopic (exact) mass is 277 g/mol. The van der Waals surface area contributed by atoms with E-state index in [0.29, 0.717) is 5.69 Å². The molecule has 1 aromatic carbocycles. The third-order valence-electron chi connectivity index (χ3n) is 3.01. The van der Waals surface area contributed by atoms with E-state index in [1.54, 1.807) is 18.7 Å². The van der Waals surface area contributed by atoms with Crippen LogP contribution in [-0.4, -0.2) is 19.5 Å². The van der Waals surface area contributed by atoms with Gasteiger partial charge in [0.05, 0.1) is 17.7 Å². The lowest BCUT2D eigenvalue weighted by Gasteiger charge is -2.12. The quantitative estimate of drug-likeness (QED) is 0.729. The highest BCUT2D eigenvalue weighted by molar-refractivity contribution is 5.78. The predicted octanol–water partition coefficient (Wildman–Crippen LogP) is 1.37. The Labute approximate surface area is 120 Å². The second-order valence-electron chi connectivity index (χ2n) is 4.29. The summed E-state index contributed by atoms with van der Waals surface area (Å²) >= 11 is 0. The maximum absolute atomic E-state index is 9.30. The van der Waals surface area contributed by atoms with Crippen molar-refractivity contribution in [2.75, 3.05) is 11.5 Å². The van der Waals surface area contributed by atoms with Crippen molar-refractivity contribution in [3.63, 3.8) is 0 Å². The number of anilines is 2. The molecule has 3 rings (SSSR count). The van der Waals surface area contributed by atoms with Gasteiger partial charge in [-0.3, -0.25) is 0 Å². The Morgan fingerprint density at radius 2 is 1.95 bits per heavy atom. The van der Waals surface area contributed by atoms with Crippen LogP contribution in [0.4, 0.5) is 11.8 Å². The number of nitrogens with two attached hydrogens (primary N) is 2. The van der Waals surface area contributed by atoms with Crippen LogP contribution in [-0.2, 0) is 0 Å². The first-order chi connectivity index (χ1) is 10.2. The minimum Gasteiger partial charge on any atom is -0.382 e. The summed E-state index contributed by atoms with van der Waals surface area (Å²) in [6.45, 7) is 0. The van der Waals surface area contributed by atoms with Crippen molar-refractivity contribution in [3.8, 4) is 23.0 Å². The summed E-state index contributed by atoms with van der Waals surface area (Å²) in [4.78, 5) is 12.0. The van der Waals surface area contributed by atoms with Crippen LogP contribution in [0.3, 0.4) is 0 Å². The lowest BCUT2D eigenvalue weighted by molar-refractivity contribution is 1.05. The molecule has 0 aliphatic heterocycles. The zero-order valence-corrected chi connectivity index (χ0v) is 10.9. The number of nitrogen functional groups attached to an aromatic ring is 2. The molecule has 4 N–H and O–H groups in total. The predicted molar refractivity (Wildman–Crippen MR) is 78.1 cm³/mol. The highest BCUT2D eigenvalue weighted by atomic mass is 15.1. The van der Waals surface area contributed by atoms with Crippen LogP contribution in [0.5, 0.6) is 0 Å². The van der Waals surface area contributed by atoms with E-state index in [1.807, 2.05) is 34.9 Å². The molecule has 7 nitrogen and oxygen atoms in total. The van der Waals surface area contributed by atoms with Gasteiger partial charge in [-0.05, 0) is 6.07 Å². The number of imidazole rings is 1. The normalized spacial score (nSPS) is 10.2. The summed E-state index contributed by atoms with van der Waals surface area (Å²) in [5.74, 6) is 0.0994. The molecular formula is C14H11N7. The second-order valence-corrected chi connectivity index (χ2v) is 4.29.